The largest absolute Gasteiger partial charge is 0.336 e. The van der Waals surface area contributed by atoms with E-state index in [1.807, 2.05) is 34.5 Å². The molecule has 0 radical (unpaired) electrons. The van der Waals surface area contributed by atoms with Crippen LogP contribution in [-0.2, 0) is 0 Å². The molecule has 1 aromatic heterocycles. The van der Waals surface area contributed by atoms with Crippen molar-refractivity contribution in [1.82, 2.24) is 4.90 Å². The number of hydrogen-bond donors (Lipinski definition) is 1. The van der Waals surface area contributed by atoms with Gasteiger partial charge in [-0.1, -0.05) is 30.3 Å². The van der Waals surface area contributed by atoms with Gasteiger partial charge < -0.3 is 10.6 Å². The van der Waals surface area contributed by atoms with E-state index in [-0.39, 0.29) is 17.9 Å². The van der Waals surface area contributed by atoms with E-state index in [0.717, 1.165) is 9.35 Å². The summed E-state index contributed by atoms with van der Waals surface area (Å²) in [6.45, 7) is 1.31. The van der Waals surface area contributed by atoms with Crippen molar-refractivity contribution in [2.45, 2.75) is 12.0 Å². The molecular weight excluding hydrogens is 336 g/mol. The van der Waals surface area contributed by atoms with Crippen molar-refractivity contribution < 1.29 is 4.79 Å². The highest BCUT2D eigenvalue weighted by Gasteiger charge is 2.34. The molecule has 0 aliphatic carbocycles. The summed E-state index contributed by atoms with van der Waals surface area (Å²) in [5.74, 6) is 0.294. The summed E-state index contributed by atoms with van der Waals surface area (Å²) < 4.78 is 0.976. The lowest BCUT2D eigenvalue weighted by molar-refractivity contribution is 0.0789. The van der Waals surface area contributed by atoms with Crippen molar-refractivity contribution in [3.63, 3.8) is 0 Å². The Morgan fingerprint density at radius 3 is 2.70 bits per heavy atom. The van der Waals surface area contributed by atoms with Crippen LogP contribution < -0.4 is 5.73 Å². The predicted molar refractivity (Wildman–Crippen MR) is 85.1 cm³/mol. The van der Waals surface area contributed by atoms with E-state index in [1.54, 1.807) is 0 Å². The summed E-state index contributed by atoms with van der Waals surface area (Å²) >= 11 is 4.92. The molecule has 0 spiro atoms. The molecule has 2 heterocycles. The van der Waals surface area contributed by atoms with Gasteiger partial charge in [-0.25, -0.2) is 0 Å². The maximum Gasteiger partial charge on any atom is 0.254 e. The van der Waals surface area contributed by atoms with Crippen LogP contribution in [0, 0.1) is 0 Å². The van der Waals surface area contributed by atoms with Crippen LogP contribution in [0.1, 0.15) is 21.8 Å². The molecule has 1 aromatic carbocycles. The Balaban J connectivity index is 1.77. The van der Waals surface area contributed by atoms with Crippen molar-refractivity contribution in [1.29, 1.82) is 0 Å². The van der Waals surface area contributed by atoms with Gasteiger partial charge in [-0.15, -0.1) is 11.3 Å². The van der Waals surface area contributed by atoms with Crippen LogP contribution in [-0.4, -0.2) is 29.9 Å². The molecule has 1 amide bonds. The van der Waals surface area contributed by atoms with Crippen LogP contribution in [0.4, 0.5) is 0 Å². The number of amides is 1. The number of hydrogen-bond acceptors (Lipinski definition) is 3. The molecule has 1 aliphatic heterocycles. The van der Waals surface area contributed by atoms with Crippen LogP contribution in [0.25, 0.3) is 0 Å². The molecule has 20 heavy (non-hydrogen) atoms. The Hall–Kier alpha value is -1.17. The Kier molecular flexibility index (Phi) is 3.92. The van der Waals surface area contributed by atoms with E-state index >= 15 is 0 Å². The summed E-state index contributed by atoms with van der Waals surface area (Å²) in [6, 6.07) is 12.1. The highest BCUT2D eigenvalue weighted by molar-refractivity contribution is 9.11. The van der Waals surface area contributed by atoms with Crippen molar-refractivity contribution in [3.05, 3.63) is 56.7 Å². The number of benzene rings is 1. The summed E-state index contributed by atoms with van der Waals surface area (Å²) in [5, 5.41) is 1.88. The van der Waals surface area contributed by atoms with Crippen LogP contribution in [0.2, 0.25) is 0 Å². The van der Waals surface area contributed by atoms with E-state index in [4.69, 9.17) is 5.73 Å². The Morgan fingerprint density at radius 1 is 1.30 bits per heavy atom. The number of nitrogens with two attached hydrogens (primary N) is 1. The van der Waals surface area contributed by atoms with E-state index in [0.29, 0.717) is 13.1 Å². The van der Waals surface area contributed by atoms with E-state index in [2.05, 4.69) is 28.1 Å². The second-order valence-corrected chi connectivity index (χ2v) is 7.32. The molecule has 2 atom stereocenters. The van der Waals surface area contributed by atoms with E-state index < -0.39 is 0 Å². The van der Waals surface area contributed by atoms with Crippen molar-refractivity contribution >= 4 is 33.2 Å². The monoisotopic (exact) mass is 350 g/mol. The number of rotatable bonds is 2. The fraction of sp³-hybridized carbons (Fsp3) is 0.267. The molecular formula is C15H15BrN2OS. The van der Waals surface area contributed by atoms with Gasteiger partial charge in [-0.3, -0.25) is 4.79 Å². The number of carbonyl (C=O) groups is 1. The minimum absolute atomic E-state index is 0.00317. The van der Waals surface area contributed by atoms with Crippen molar-refractivity contribution in [2.75, 3.05) is 13.1 Å². The highest BCUT2D eigenvalue weighted by Crippen LogP contribution is 2.29. The molecule has 1 fully saturated rings. The standard InChI is InChI=1S/C15H15BrN2OS/c16-14-6-11(9-20-14)15(19)18-7-12(13(17)8-18)10-4-2-1-3-5-10/h1-6,9,12-13H,7-8,17H2/t12-,13+/m0/s1. The zero-order valence-corrected chi connectivity index (χ0v) is 13.2. The average molecular weight is 351 g/mol. The lowest BCUT2D eigenvalue weighted by Gasteiger charge is -2.15. The zero-order chi connectivity index (χ0) is 14.1. The van der Waals surface area contributed by atoms with Crippen LogP contribution in [0.5, 0.6) is 0 Å². The number of halogens is 1. The van der Waals surface area contributed by atoms with Crippen molar-refractivity contribution in [3.8, 4) is 0 Å². The maximum atomic E-state index is 12.4. The average Bonchev–Trinajstić information content (AvgIpc) is 3.05. The number of carbonyl (C=O) groups excluding carboxylic acids is 1. The minimum atomic E-state index is 0.00317. The molecule has 3 rings (SSSR count). The van der Waals surface area contributed by atoms with E-state index in [9.17, 15) is 4.79 Å². The third kappa shape index (κ3) is 2.66. The molecule has 0 unspecified atom stereocenters. The van der Waals surface area contributed by atoms with Gasteiger partial charge in [0.1, 0.15) is 0 Å². The fourth-order valence-corrected chi connectivity index (χ4v) is 3.78. The third-order valence-electron chi connectivity index (χ3n) is 3.69. The highest BCUT2D eigenvalue weighted by atomic mass is 79.9. The second-order valence-electron chi connectivity index (χ2n) is 5.03. The van der Waals surface area contributed by atoms with Crippen LogP contribution in [0.3, 0.4) is 0 Å². The van der Waals surface area contributed by atoms with Crippen molar-refractivity contribution in [2.24, 2.45) is 5.73 Å². The number of likely N-dealkylation sites (tertiary alicyclic amines) is 1. The topological polar surface area (TPSA) is 46.3 Å². The first kappa shape index (κ1) is 13.8. The molecule has 5 heteroatoms. The van der Waals surface area contributed by atoms with Gasteiger partial charge >= 0.3 is 0 Å². The lowest BCUT2D eigenvalue weighted by Crippen LogP contribution is -2.31. The van der Waals surface area contributed by atoms with Gasteiger partial charge in [0.05, 0.1) is 9.35 Å². The smallest absolute Gasteiger partial charge is 0.254 e. The summed E-state index contributed by atoms with van der Waals surface area (Å²) in [7, 11) is 0. The van der Waals surface area contributed by atoms with Gasteiger partial charge in [0, 0.05) is 30.4 Å². The third-order valence-corrected chi connectivity index (χ3v) is 5.20. The van der Waals surface area contributed by atoms with Gasteiger partial charge in [0.25, 0.3) is 5.91 Å². The van der Waals surface area contributed by atoms with Gasteiger partial charge in [-0.2, -0.15) is 0 Å². The first-order chi connectivity index (χ1) is 9.65. The first-order valence-electron chi connectivity index (χ1n) is 6.49. The molecule has 2 aromatic rings. The Morgan fingerprint density at radius 2 is 2.05 bits per heavy atom. The summed E-state index contributed by atoms with van der Waals surface area (Å²) in [6.07, 6.45) is 0. The first-order valence-corrected chi connectivity index (χ1v) is 8.16. The maximum absolute atomic E-state index is 12.4. The molecule has 1 saturated heterocycles. The Bertz CT molecular complexity index is 613. The molecule has 0 saturated carbocycles. The van der Waals surface area contributed by atoms with Gasteiger partial charge in [0.15, 0.2) is 0 Å². The molecule has 1 aliphatic rings. The summed E-state index contributed by atoms with van der Waals surface area (Å²) in [4.78, 5) is 14.3. The van der Waals surface area contributed by atoms with E-state index in [1.165, 1.54) is 16.9 Å². The molecule has 104 valence electrons. The molecule has 3 nitrogen and oxygen atoms in total. The number of nitrogens with zero attached hydrogens (tertiary/aromatic N) is 1. The SMILES string of the molecule is N[C@@H]1CN(C(=O)c2csc(Br)c2)C[C@H]1c1ccccc1. The minimum Gasteiger partial charge on any atom is -0.336 e. The fourth-order valence-electron chi connectivity index (χ4n) is 2.65. The molecule has 0 bridgehead atoms. The van der Waals surface area contributed by atoms with Crippen LogP contribution in [0.15, 0.2) is 45.6 Å². The zero-order valence-electron chi connectivity index (χ0n) is 10.8. The normalized spacial score (nSPS) is 22.2. The lowest BCUT2D eigenvalue weighted by atomic mass is 9.95. The molecule has 2 N–H and O–H groups in total. The number of thiophene rings is 1. The Labute approximate surface area is 130 Å². The summed E-state index contributed by atoms with van der Waals surface area (Å²) in [5.41, 5.74) is 8.17. The second kappa shape index (κ2) is 5.68. The van der Waals surface area contributed by atoms with Gasteiger partial charge in [0.2, 0.25) is 0 Å². The van der Waals surface area contributed by atoms with Crippen LogP contribution >= 0.6 is 27.3 Å². The predicted octanol–water partition coefficient (Wildman–Crippen LogP) is 3.08. The van der Waals surface area contributed by atoms with Gasteiger partial charge in [-0.05, 0) is 27.6 Å². The quantitative estimate of drug-likeness (QED) is 0.904.